The molecule has 6 nitrogen and oxygen atoms in total. The third kappa shape index (κ3) is 2.75. The molecule has 1 aliphatic carbocycles. The van der Waals surface area contributed by atoms with Crippen molar-refractivity contribution in [2.75, 3.05) is 26.7 Å². The van der Waals surface area contributed by atoms with Gasteiger partial charge < -0.3 is 14.6 Å². The van der Waals surface area contributed by atoms with Crippen LogP contribution in [-0.2, 0) is 16.6 Å². The predicted molar refractivity (Wildman–Crippen MR) is 79.5 cm³/mol. The summed E-state index contributed by atoms with van der Waals surface area (Å²) in [6.07, 6.45) is 3.82. The third-order valence-electron chi connectivity index (χ3n) is 4.57. The van der Waals surface area contributed by atoms with Gasteiger partial charge in [-0.1, -0.05) is 0 Å². The second-order valence-electron chi connectivity index (χ2n) is 6.16. The van der Waals surface area contributed by atoms with E-state index >= 15 is 0 Å². The van der Waals surface area contributed by atoms with Crippen molar-refractivity contribution in [2.24, 2.45) is 0 Å². The molecule has 0 bridgehead atoms. The number of rotatable bonds is 4. The van der Waals surface area contributed by atoms with Gasteiger partial charge in [0, 0.05) is 43.6 Å². The van der Waals surface area contributed by atoms with Gasteiger partial charge in [-0.25, -0.2) is 8.42 Å². The second-order valence-corrected chi connectivity index (χ2v) is 8.09. The van der Waals surface area contributed by atoms with Crippen LogP contribution < -0.4 is 0 Å². The fourth-order valence-electron chi connectivity index (χ4n) is 2.84. The van der Waals surface area contributed by atoms with E-state index < -0.39 is 10.0 Å². The summed E-state index contributed by atoms with van der Waals surface area (Å²) in [5.74, 6) is 0. The van der Waals surface area contributed by atoms with E-state index in [2.05, 4.69) is 4.90 Å². The summed E-state index contributed by atoms with van der Waals surface area (Å²) in [6.45, 7) is 3.70. The maximum absolute atomic E-state index is 12.8. The van der Waals surface area contributed by atoms with Crippen molar-refractivity contribution in [1.82, 2.24) is 13.8 Å². The molecule has 1 aromatic heterocycles. The van der Waals surface area contributed by atoms with Gasteiger partial charge in [-0.05, 0) is 32.9 Å². The SMILES string of the molecule is CC1CN(S(=O)(=O)c2cc(CO)n(C3CC3)c2)CCN1C. The minimum absolute atomic E-state index is 0.120. The van der Waals surface area contributed by atoms with Crippen molar-refractivity contribution in [3.63, 3.8) is 0 Å². The molecule has 1 aromatic rings. The van der Waals surface area contributed by atoms with Gasteiger partial charge >= 0.3 is 0 Å². The largest absolute Gasteiger partial charge is 0.390 e. The normalized spacial score (nSPS) is 25.4. The number of aliphatic hydroxyl groups is 1. The standard InChI is InChI=1S/C14H23N3O3S/c1-11-8-16(6-5-15(11)2)21(19,20)14-7-13(10-18)17(9-14)12-3-4-12/h7,9,11-12,18H,3-6,8,10H2,1-2H3. The van der Waals surface area contributed by atoms with Crippen LogP contribution in [0.25, 0.3) is 0 Å². The van der Waals surface area contributed by atoms with E-state index in [1.807, 2.05) is 18.5 Å². The van der Waals surface area contributed by atoms with Crippen molar-refractivity contribution < 1.29 is 13.5 Å². The van der Waals surface area contributed by atoms with Crippen molar-refractivity contribution in [2.45, 2.75) is 43.4 Å². The minimum Gasteiger partial charge on any atom is -0.390 e. The van der Waals surface area contributed by atoms with Crippen LogP contribution in [-0.4, -0.2) is 60.0 Å². The third-order valence-corrected chi connectivity index (χ3v) is 6.40. The van der Waals surface area contributed by atoms with E-state index in [0.29, 0.717) is 29.7 Å². The highest BCUT2D eigenvalue weighted by Gasteiger charge is 2.33. The average molecular weight is 313 g/mol. The summed E-state index contributed by atoms with van der Waals surface area (Å²) >= 11 is 0. The first kappa shape index (κ1) is 15.0. The maximum Gasteiger partial charge on any atom is 0.244 e. The van der Waals surface area contributed by atoms with E-state index in [0.717, 1.165) is 19.4 Å². The lowest BCUT2D eigenvalue weighted by molar-refractivity contribution is 0.159. The summed E-state index contributed by atoms with van der Waals surface area (Å²) in [6, 6.07) is 2.20. The van der Waals surface area contributed by atoms with Gasteiger partial charge in [-0.2, -0.15) is 4.31 Å². The van der Waals surface area contributed by atoms with Crippen LogP contribution in [0.4, 0.5) is 0 Å². The van der Waals surface area contributed by atoms with Crippen molar-refractivity contribution in [1.29, 1.82) is 0 Å². The maximum atomic E-state index is 12.8. The van der Waals surface area contributed by atoms with Crippen LogP contribution in [0.1, 0.15) is 31.5 Å². The minimum atomic E-state index is -3.46. The Morgan fingerprint density at radius 1 is 1.33 bits per heavy atom. The van der Waals surface area contributed by atoms with Crippen LogP contribution >= 0.6 is 0 Å². The number of sulfonamides is 1. The molecule has 7 heteroatoms. The molecule has 2 aliphatic rings. The molecule has 0 amide bonds. The summed E-state index contributed by atoms with van der Waals surface area (Å²) in [5, 5.41) is 9.43. The van der Waals surface area contributed by atoms with Crippen LogP contribution in [0.2, 0.25) is 0 Å². The summed E-state index contributed by atoms with van der Waals surface area (Å²) in [7, 11) is -1.45. The fourth-order valence-corrected chi connectivity index (χ4v) is 4.40. The zero-order chi connectivity index (χ0) is 15.2. The number of likely N-dealkylation sites (N-methyl/N-ethyl adjacent to an activating group) is 1. The summed E-state index contributed by atoms with van der Waals surface area (Å²) in [5.41, 5.74) is 0.693. The highest BCUT2D eigenvalue weighted by atomic mass is 32.2. The van der Waals surface area contributed by atoms with E-state index in [1.54, 1.807) is 16.6 Å². The monoisotopic (exact) mass is 313 g/mol. The Morgan fingerprint density at radius 2 is 2.05 bits per heavy atom. The molecule has 1 atom stereocenters. The van der Waals surface area contributed by atoms with Crippen LogP contribution in [0.3, 0.4) is 0 Å². The zero-order valence-corrected chi connectivity index (χ0v) is 13.4. The molecule has 1 saturated heterocycles. The topological polar surface area (TPSA) is 65.8 Å². The molecule has 1 saturated carbocycles. The Balaban J connectivity index is 1.88. The fraction of sp³-hybridized carbons (Fsp3) is 0.714. The first-order chi connectivity index (χ1) is 9.93. The van der Waals surface area contributed by atoms with E-state index in [1.165, 1.54) is 0 Å². The molecule has 2 fully saturated rings. The number of nitrogens with zero attached hydrogens (tertiary/aromatic N) is 3. The number of aromatic nitrogens is 1. The molecule has 0 spiro atoms. The molecule has 1 aliphatic heterocycles. The molecule has 2 heterocycles. The number of hydrogen-bond donors (Lipinski definition) is 1. The zero-order valence-electron chi connectivity index (χ0n) is 12.6. The van der Waals surface area contributed by atoms with Crippen molar-refractivity contribution >= 4 is 10.0 Å². The number of aliphatic hydroxyl groups excluding tert-OH is 1. The Labute approximate surface area is 126 Å². The number of hydrogen-bond acceptors (Lipinski definition) is 4. The lowest BCUT2D eigenvalue weighted by atomic mass is 10.2. The predicted octanol–water partition coefficient (Wildman–Crippen LogP) is 0.640. The Kier molecular flexibility index (Phi) is 3.85. The highest BCUT2D eigenvalue weighted by molar-refractivity contribution is 7.89. The molecular formula is C14H23N3O3S. The molecule has 0 aromatic carbocycles. The Hall–Kier alpha value is -0.890. The van der Waals surface area contributed by atoms with Crippen LogP contribution in [0.15, 0.2) is 17.2 Å². The highest BCUT2D eigenvalue weighted by Crippen LogP contribution is 2.37. The molecular weight excluding hydrogens is 290 g/mol. The molecule has 1 N–H and O–H groups in total. The first-order valence-corrected chi connectivity index (χ1v) is 8.89. The van der Waals surface area contributed by atoms with Gasteiger partial charge in [0.25, 0.3) is 0 Å². The van der Waals surface area contributed by atoms with Gasteiger partial charge in [-0.3, -0.25) is 0 Å². The molecule has 1 unspecified atom stereocenters. The van der Waals surface area contributed by atoms with Gasteiger partial charge in [-0.15, -0.1) is 0 Å². The van der Waals surface area contributed by atoms with Gasteiger partial charge in [0.2, 0.25) is 10.0 Å². The van der Waals surface area contributed by atoms with Crippen molar-refractivity contribution in [3.05, 3.63) is 18.0 Å². The number of piperazine rings is 1. The van der Waals surface area contributed by atoms with Crippen LogP contribution in [0, 0.1) is 0 Å². The van der Waals surface area contributed by atoms with Crippen LogP contribution in [0.5, 0.6) is 0 Å². The second kappa shape index (κ2) is 5.39. The smallest absolute Gasteiger partial charge is 0.244 e. The van der Waals surface area contributed by atoms with E-state index in [-0.39, 0.29) is 12.6 Å². The molecule has 21 heavy (non-hydrogen) atoms. The van der Waals surface area contributed by atoms with Gasteiger partial charge in [0.15, 0.2) is 0 Å². The van der Waals surface area contributed by atoms with Gasteiger partial charge in [0.05, 0.1) is 6.61 Å². The molecule has 118 valence electrons. The van der Waals surface area contributed by atoms with E-state index in [4.69, 9.17) is 0 Å². The molecule has 3 rings (SSSR count). The van der Waals surface area contributed by atoms with Gasteiger partial charge in [0.1, 0.15) is 4.90 Å². The lowest BCUT2D eigenvalue weighted by Gasteiger charge is -2.36. The Bertz CT molecular complexity index is 621. The summed E-state index contributed by atoms with van der Waals surface area (Å²) in [4.78, 5) is 2.48. The van der Waals surface area contributed by atoms with E-state index in [9.17, 15) is 13.5 Å². The van der Waals surface area contributed by atoms with Crippen molar-refractivity contribution in [3.8, 4) is 0 Å². The quantitative estimate of drug-likeness (QED) is 0.886. The average Bonchev–Trinajstić information content (AvgIpc) is 3.20. The molecule has 0 radical (unpaired) electrons. The lowest BCUT2D eigenvalue weighted by Crippen LogP contribution is -2.51. The Morgan fingerprint density at radius 3 is 2.62 bits per heavy atom. The first-order valence-electron chi connectivity index (χ1n) is 7.45. The summed E-state index contributed by atoms with van der Waals surface area (Å²) < 4.78 is 29.0.